The fourth-order valence-electron chi connectivity index (χ4n) is 2.49. The zero-order chi connectivity index (χ0) is 14.9. The molecule has 0 unspecified atom stereocenters. The lowest BCUT2D eigenvalue weighted by atomic mass is 10.2. The van der Waals surface area contributed by atoms with Crippen molar-refractivity contribution in [1.82, 2.24) is 15.3 Å². The predicted molar refractivity (Wildman–Crippen MR) is 74.2 cm³/mol. The zero-order valence-corrected chi connectivity index (χ0v) is 11.3. The lowest BCUT2D eigenvalue weighted by molar-refractivity contribution is -0.144. The Morgan fingerprint density at radius 3 is 2.67 bits per heavy atom. The third-order valence-corrected chi connectivity index (χ3v) is 3.48. The maximum atomic E-state index is 13.0. The topological polar surface area (TPSA) is 41.1 Å². The lowest BCUT2D eigenvalue weighted by Crippen LogP contribution is -2.29. The average Bonchev–Trinajstić information content (AvgIpc) is 2.74. The molecule has 0 radical (unpaired) electrons. The molecule has 0 bridgehead atoms. The van der Waals surface area contributed by atoms with Gasteiger partial charge >= 0.3 is 6.18 Å². The minimum absolute atomic E-state index is 0.326. The van der Waals surface area contributed by atoms with Crippen LogP contribution in [0.4, 0.5) is 19.0 Å². The van der Waals surface area contributed by atoms with Crippen LogP contribution in [-0.2, 0) is 6.18 Å². The van der Waals surface area contributed by atoms with E-state index >= 15 is 0 Å². The van der Waals surface area contributed by atoms with Crippen LogP contribution in [0.2, 0.25) is 0 Å². The van der Waals surface area contributed by atoms with E-state index in [9.17, 15) is 13.2 Å². The molecule has 1 aliphatic heterocycles. The highest BCUT2D eigenvalue weighted by atomic mass is 19.4. The Labute approximate surface area is 120 Å². The molecule has 1 N–H and O–H groups in total. The molecule has 0 amide bonds. The van der Waals surface area contributed by atoms with E-state index in [2.05, 4.69) is 15.3 Å². The van der Waals surface area contributed by atoms with Crippen LogP contribution in [0.25, 0.3) is 10.9 Å². The number of rotatable bonds is 1. The van der Waals surface area contributed by atoms with E-state index in [4.69, 9.17) is 0 Å². The van der Waals surface area contributed by atoms with Crippen molar-refractivity contribution < 1.29 is 13.2 Å². The Morgan fingerprint density at radius 1 is 1.05 bits per heavy atom. The summed E-state index contributed by atoms with van der Waals surface area (Å²) in [5.41, 5.74) is 0.326. The van der Waals surface area contributed by atoms with E-state index in [-0.39, 0.29) is 0 Å². The van der Waals surface area contributed by atoms with Gasteiger partial charge in [-0.15, -0.1) is 0 Å². The lowest BCUT2D eigenvalue weighted by Gasteiger charge is -2.23. The molecule has 0 aliphatic carbocycles. The van der Waals surface area contributed by atoms with Crippen molar-refractivity contribution in [2.75, 3.05) is 31.1 Å². The third-order valence-electron chi connectivity index (χ3n) is 3.48. The molecule has 1 fully saturated rings. The van der Waals surface area contributed by atoms with Crippen molar-refractivity contribution in [3.8, 4) is 0 Å². The monoisotopic (exact) mass is 296 g/mol. The summed E-state index contributed by atoms with van der Waals surface area (Å²) >= 11 is 0. The molecule has 4 nitrogen and oxygen atoms in total. The average molecular weight is 296 g/mol. The van der Waals surface area contributed by atoms with Crippen molar-refractivity contribution in [1.29, 1.82) is 0 Å². The number of anilines is 1. The Hall–Kier alpha value is -1.89. The molecule has 0 saturated carbocycles. The van der Waals surface area contributed by atoms with Gasteiger partial charge in [0.2, 0.25) is 5.82 Å². The van der Waals surface area contributed by atoms with Crippen LogP contribution in [0, 0.1) is 0 Å². The summed E-state index contributed by atoms with van der Waals surface area (Å²) in [6.07, 6.45) is -3.66. The molecule has 112 valence electrons. The summed E-state index contributed by atoms with van der Waals surface area (Å²) in [6.45, 7) is 2.93. The fraction of sp³-hybridized carbons (Fsp3) is 0.429. The van der Waals surface area contributed by atoms with Crippen LogP contribution in [-0.4, -0.2) is 36.1 Å². The van der Waals surface area contributed by atoms with E-state index in [0.717, 1.165) is 19.5 Å². The molecule has 1 aliphatic rings. The fourth-order valence-corrected chi connectivity index (χ4v) is 2.49. The van der Waals surface area contributed by atoms with Crippen molar-refractivity contribution in [2.24, 2.45) is 0 Å². The van der Waals surface area contributed by atoms with Gasteiger partial charge in [0, 0.05) is 25.0 Å². The molecular weight excluding hydrogens is 281 g/mol. The van der Waals surface area contributed by atoms with Crippen molar-refractivity contribution in [2.45, 2.75) is 12.6 Å². The van der Waals surface area contributed by atoms with Crippen LogP contribution in [0.3, 0.4) is 0 Å². The maximum absolute atomic E-state index is 13.0. The van der Waals surface area contributed by atoms with Crippen LogP contribution < -0.4 is 10.2 Å². The highest BCUT2D eigenvalue weighted by Crippen LogP contribution is 2.31. The minimum Gasteiger partial charge on any atom is -0.355 e. The Balaban J connectivity index is 2.14. The number of para-hydroxylation sites is 1. The molecule has 7 heteroatoms. The van der Waals surface area contributed by atoms with E-state index in [1.807, 2.05) is 4.90 Å². The first-order valence-corrected chi connectivity index (χ1v) is 6.85. The Bertz CT molecular complexity index is 634. The van der Waals surface area contributed by atoms with E-state index in [1.165, 1.54) is 0 Å². The summed E-state index contributed by atoms with van der Waals surface area (Å²) in [6, 6.07) is 6.83. The van der Waals surface area contributed by atoms with Crippen LogP contribution >= 0.6 is 0 Å². The second kappa shape index (κ2) is 5.48. The number of hydrogen-bond acceptors (Lipinski definition) is 4. The number of nitrogens with one attached hydrogen (secondary N) is 1. The second-order valence-corrected chi connectivity index (χ2v) is 4.98. The molecule has 1 aromatic carbocycles. The van der Waals surface area contributed by atoms with Crippen LogP contribution in [0.5, 0.6) is 0 Å². The number of halogens is 3. The molecule has 1 aromatic heterocycles. The number of hydrogen-bond donors (Lipinski definition) is 1. The SMILES string of the molecule is FC(F)(F)c1nc(N2CCCNCC2)c2ccccc2n1. The van der Waals surface area contributed by atoms with Gasteiger partial charge in [-0.2, -0.15) is 13.2 Å². The van der Waals surface area contributed by atoms with Crippen molar-refractivity contribution >= 4 is 16.7 Å². The van der Waals surface area contributed by atoms with Crippen LogP contribution in [0.1, 0.15) is 12.2 Å². The largest absolute Gasteiger partial charge is 0.451 e. The number of fused-ring (bicyclic) bond motifs is 1. The molecule has 0 spiro atoms. The van der Waals surface area contributed by atoms with E-state index < -0.39 is 12.0 Å². The van der Waals surface area contributed by atoms with E-state index in [0.29, 0.717) is 29.8 Å². The summed E-state index contributed by atoms with van der Waals surface area (Å²) in [4.78, 5) is 9.35. The first-order valence-electron chi connectivity index (χ1n) is 6.85. The second-order valence-electron chi connectivity index (χ2n) is 4.98. The summed E-state index contributed by atoms with van der Waals surface area (Å²) in [5.74, 6) is -0.704. The van der Waals surface area contributed by atoms with Crippen molar-refractivity contribution in [3.05, 3.63) is 30.1 Å². The Morgan fingerprint density at radius 2 is 1.86 bits per heavy atom. The van der Waals surface area contributed by atoms with Gasteiger partial charge in [-0.1, -0.05) is 12.1 Å². The quantitative estimate of drug-likeness (QED) is 0.877. The number of nitrogens with zero attached hydrogens (tertiary/aromatic N) is 3. The van der Waals surface area contributed by atoms with Gasteiger partial charge in [-0.05, 0) is 25.1 Å². The third kappa shape index (κ3) is 2.92. The van der Waals surface area contributed by atoms with Gasteiger partial charge in [0.1, 0.15) is 5.82 Å². The molecule has 21 heavy (non-hydrogen) atoms. The zero-order valence-electron chi connectivity index (χ0n) is 11.3. The predicted octanol–water partition coefficient (Wildman–Crippen LogP) is 2.45. The maximum Gasteiger partial charge on any atom is 0.451 e. The smallest absolute Gasteiger partial charge is 0.355 e. The van der Waals surface area contributed by atoms with Gasteiger partial charge in [0.05, 0.1) is 5.52 Å². The van der Waals surface area contributed by atoms with Gasteiger partial charge < -0.3 is 10.2 Å². The molecule has 1 saturated heterocycles. The summed E-state index contributed by atoms with van der Waals surface area (Å²) in [7, 11) is 0. The number of benzene rings is 1. The first-order chi connectivity index (χ1) is 10.1. The normalized spacial score (nSPS) is 17.0. The molecule has 0 atom stereocenters. The standard InChI is InChI=1S/C14H15F3N4/c15-14(16,17)13-19-11-5-2-1-4-10(11)12(20-13)21-8-3-6-18-7-9-21/h1-2,4-5,18H,3,6-9H2. The van der Waals surface area contributed by atoms with Gasteiger partial charge in [0.25, 0.3) is 0 Å². The van der Waals surface area contributed by atoms with E-state index in [1.54, 1.807) is 24.3 Å². The van der Waals surface area contributed by atoms with Crippen LogP contribution in [0.15, 0.2) is 24.3 Å². The molecular formula is C14H15F3N4. The Kier molecular flexibility index (Phi) is 3.67. The van der Waals surface area contributed by atoms with Crippen molar-refractivity contribution in [3.63, 3.8) is 0 Å². The highest BCUT2D eigenvalue weighted by molar-refractivity contribution is 5.89. The molecule has 2 heterocycles. The summed E-state index contributed by atoms with van der Waals surface area (Å²) < 4.78 is 39.0. The van der Waals surface area contributed by atoms with Gasteiger partial charge in [0.15, 0.2) is 0 Å². The number of alkyl halides is 3. The minimum atomic E-state index is -4.54. The van der Waals surface area contributed by atoms with Gasteiger partial charge in [-0.3, -0.25) is 0 Å². The molecule has 2 aromatic rings. The summed E-state index contributed by atoms with van der Waals surface area (Å²) in [5, 5.41) is 3.89. The highest BCUT2D eigenvalue weighted by Gasteiger charge is 2.36. The molecule has 3 rings (SSSR count). The first kappa shape index (κ1) is 14.1. The van der Waals surface area contributed by atoms with Gasteiger partial charge in [-0.25, -0.2) is 9.97 Å². The number of aromatic nitrogens is 2.